The number of anilines is 1. The van der Waals surface area contributed by atoms with Crippen LogP contribution < -0.4 is 4.90 Å². The zero-order valence-corrected chi connectivity index (χ0v) is 12.9. The summed E-state index contributed by atoms with van der Waals surface area (Å²) in [6.45, 7) is 2.35. The van der Waals surface area contributed by atoms with Crippen LogP contribution in [-0.2, 0) is 11.3 Å². The number of carbonyl (C=O) groups excluding carboxylic acids is 1. The molecule has 9 heteroatoms. The fourth-order valence-corrected chi connectivity index (χ4v) is 2.70. The molecule has 0 bridgehead atoms. The number of piperazine rings is 1. The van der Waals surface area contributed by atoms with E-state index in [2.05, 4.69) is 15.1 Å². The van der Waals surface area contributed by atoms with E-state index >= 15 is 0 Å². The second kappa shape index (κ2) is 7.01. The molecule has 0 aliphatic carbocycles. The van der Waals surface area contributed by atoms with Gasteiger partial charge >= 0.3 is 0 Å². The summed E-state index contributed by atoms with van der Waals surface area (Å²) in [5.41, 5.74) is 9.08. The number of aromatic nitrogens is 2. The highest BCUT2D eigenvalue weighted by atomic mass is 19.1. The maximum atomic E-state index is 14.1. The minimum absolute atomic E-state index is 0.00229. The Labute approximate surface area is 137 Å². The number of rotatable bonds is 4. The van der Waals surface area contributed by atoms with Gasteiger partial charge in [-0.2, -0.15) is 5.10 Å². The number of hydrogen-bond donors (Lipinski definition) is 0. The number of nitrogens with zero attached hydrogens (tertiary/aromatic N) is 7. The molecule has 1 saturated heterocycles. The van der Waals surface area contributed by atoms with Crippen LogP contribution in [0.4, 0.5) is 15.8 Å². The van der Waals surface area contributed by atoms with Gasteiger partial charge in [0.05, 0.1) is 5.69 Å². The molecule has 2 heterocycles. The predicted octanol–water partition coefficient (Wildman–Crippen LogP) is 2.31. The first-order valence-electron chi connectivity index (χ1n) is 7.52. The average molecular weight is 329 g/mol. The highest BCUT2D eigenvalue weighted by Gasteiger charge is 2.23. The molecule has 1 amide bonds. The first kappa shape index (κ1) is 15.8. The Bertz CT molecular complexity index is 762. The fourth-order valence-electron chi connectivity index (χ4n) is 2.70. The Balaban J connectivity index is 1.60. The number of hydrogen-bond acceptors (Lipinski definition) is 4. The lowest BCUT2D eigenvalue weighted by molar-refractivity contribution is -0.132. The molecular formula is C15H16FN7O. The number of carbonyl (C=O) groups is 1. The average Bonchev–Trinajstić information content (AvgIpc) is 3.08. The van der Waals surface area contributed by atoms with Crippen LogP contribution in [0.5, 0.6) is 0 Å². The Kier molecular flexibility index (Phi) is 4.62. The molecule has 1 aliphatic rings. The maximum absolute atomic E-state index is 14.1. The predicted molar refractivity (Wildman–Crippen MR) is 86.2 cm³/mol. The van der Waals surface area contributed by atoms with Gasteiger partial charge in [-0.1, -0.05) is 11.2 Å². The number of azide groups is 1. The van der Waals surface area contributed by atoms with Gasteiger partial charge in [-0.3, -0.25) is 9.48 Å². The van der Waals surface area contributed by atoms with Crippen LogP contribution in [0.1, 0.15) is 0 Å². The van der Waals surface area contributed by atoms with Gasteiger partial charge in [-0.05, 0) is 23.7 Å². The molecule has 8 nitrogen and oxygen atoms in total. The van der Waals surface area contributed by atoms with Crippen LogP contribution in [0.25, 0.3) is 10.4 Å². The molecule has 0 unspecified atom stereocenters. The van der Waals surface area contributed by atoms with Crippen molar-refractivity contribution in [2.24, 2.45) is 5.11 Å². The van der Waals surface area contributed by atoms with E-state index in [0.29, 0.717) is 31.9 Å². The van der Waals surface area contributed by atoms with Crippen LogP contribution in [0.3, 0.4) is 0 Å². The van der Waals surface area contributed by atoms with Gasteiger partial charge in [0.1, 0.15) is 12.4 Å². The first-order valence-corrected chi connectivity index (χ1v) is 7.52. The van der Waals surface area contributed by atoms with Crippen molar-refractivity contribution in [2.75, 3.05) is 31.1 Å². The van der Waals surface area contributed by atoms with E-state index in [9.17, 15) is 9.18 Å². The molecule has 1 fully saturated rings. The van der Waals surface area contributed by atoms with Crippen molar-refractivity contribution in [3.8, 4) is 0 Å². The highest BCUT2D eigenvalue weighted by molar-refractivity contribution is 5.76. The lowest BCUT2D eigenvalue weighted by Gasteiger charge is -2.36. The highest BCUT2D eigenvalue weighted by Crippen LogP contribution is 2.25. The molecule has 0 radical (unpaired) electrons. The molecule has 0 spiro atoms. The molecular weight excluding hydrogens is 313 g/mol. The van der Waals surface area contributed by atoms with E-state index in [1.807, 2.05) is 4.90 Å². The summed E-state index contributed by atoms with van der Waals surface area (Å²) >= 11 is 0. The second-order valence-electron chi connectivity index (χ2n) is 5.40. The number of amides is 1. The molecule has 2 aromatic rings. The zero-order chi connectivity index (χ0) is 16.9. The van der Waals surface area contributed by atoms with Crippen molar-refractivity contribution >= 4 is 17.3 Å². The van der Waals surface area contributed by atoms with Crippen LogP contribution in [0, 0.1) is 5.82 Å². The normalized spacial score (nSPS) is 14.4. The number of halogens is 1. The van der Waals surface area contributed by atoms with Gasteiger partial charge in [-0.25, -0.2) is 4.39 Å². The number of benzene rings is 1. The third-order valence-corrected chi connectivity index (χ3v) is 3.92. The maximum Gasteiger partial charge on any atom is 0.244 e. The largest absolute Gasteiger partial charge is 0.366 e. The lowest BCUT2D eigenvalue weighted by Crippen LogP contribution is -2.49. The van der Waals surface area contributed by atoms with Crippen molar-refractivity contribution in [3.63, 3.8) is 0 Å². The van der Waals surface area contributed by atoms with E-state index in [-0.39, 0.29) is 18.1 Å². The monoisotopic (exact) mass is 329 g/mol. The van der Waals surface area contributed by atoms with E-state index in [4.69, 9.17) is 5.53 Å². The molecule has 3 rings (SSSR count). The van der Waals surface area contributed by atoms with Gasteiger partial charge in [0.2, 0.25) is 5.91 Å². The summed E-state index contributed by atoms with van der Waals surface area (Å²) in [4.78, 5) is 18.5. The van der Waals surface area contributed by atoms with Gasteiger partial charge in [0, 0.05) is 49.2 Å². The summed E-state index contributed by atoms with van der Waals surface area (Å²) in [5, 5.41) is 7.41. The lowest BCUT2D eigenvalue weighted by atomic mass is 10.2. The van der Waals surface area contributed by atoms with Gasteiger partial charge in [0.15, 0.2) is 0 Å². The molecule has 24 heavy (non-hydrogen) atoms. The zero-order valence-electron chi connectivity index (χ0n) is 12.9. The van der Waals surface area contributed by atoms with E-state index in [1.165, 1.54) is 6.07 Å². The van der Waals surface area contributed by atoms with Crippen molar-refractivity contribution < 1.29 is 9.18 Å². The quantitative estimate of drug-likeness (QED) is 0.490. The summed E-state index contributed by atoms with van der Waals surface area (Å²) in [6, 6.07) is 6.16. The van der Waals surface area contributed by atoms with Crippen molar-refractivity contribution in [1.29, 1.82) is 0 Å². The summed E-state index contributed by atoms with van der Waals surface area (Å²) in [5.74, 6) is -0.436. The van der Waals surface area contributed by atoms with Crippen molar-refractivity contribution in [3.05, 3.63) is 52.9 Å². The molecule has 1 aromatic carbocycles. The molecule has 0 atom stereocenters. The standard InChI is InChI=1S/C15H16FN7O/c16-13-10-12(19-20-17)2-3-14(13)21-6-8-22(9-7-21)15(24)11-23-5-1-4-18-23/h1-5,10H,6-9,11H2. The van der Waals surface area contributed by atoms with Crippen molar-refractivity contribution in [1.82, 2.24) is 14.7 Å². The van der Waals surface area contributed by atoms with Crippen LogP contribution in [-0.4, -0.2) is 46.8 Å². The minimum Gasteiger partial charge on any atom is -0.366 e. The third kappa shape index (κ3) is 3.47. The second-order valence-corrected chi connectivity index (χ2v) is 5.40. The Morgan fingerprint density at radius 1 is 1.33 bits per heavy atom. The van der Waals surface area contributed by atoms with Crippen molar-refractivity contribution in [2.45, 2.75) is 6.54 Å². The van der Waals surface area contributed by atoms with Crippen LogP contribution in [0.15, 0.2) is 41.8 Å². The smallest absolute Gasteiger partial charge is 0.244 e. The Morgan fingerprint density at radius 3 is 2.75 bits per heavy atom. The molecule has 1 aliphatic heterocycles. The third-order valence-electron chi connectivity index (χ3n) is 3.92. The molecule has 0 N–H and O–H groups in total. The van der Waals surface area contributed by atoms with E-state index in [0.717, 1.165) is 0 Å². The van der Waals surface area contributed by atoms with Gasteiger partial charge < -0.3 is 9.80 Å². The topological polar surface area (TPSA) is 90.1 Å². The Hall–Kier alpha value is -3.06. The minimum atomic E-state index is -0.434. The Morgan fingerprint density at radius 2 is 2.12 bits per heavy atom. The first-order chi connectivity index (χ1) is 11.7. The summed E-state index contributed by atoms with van der Waals surface area (Å²) in [6.07, 6.45) is 3.38. The summed E-state index contributed by atoms with van der Waals surface area (Å²) < 4.78 is 15.7. The molecule has 0 saturated carbocycles. The van der Waals surface area contributed by atoms with Gasteiger partial charge in [-0.15, -0.1) is 0 Å². The van der Waals surface area contributed by atoms with E-state index in [1.54, 1.807) is 40.2 Å². The summed E-state index contributed by atoms with van der Waals surface area (Å²) in [7, 11) is 0. The van der Waals surface area contributed by atoms with Crippen LogP contribution >= 0.6 is 0 Å². The fraction of sp³-hybridized carbons (Fsp3) is 0.333. The van der Waals surface area contributed by atoms with E-state index < -0.39 is 5.82 Å². The SMILES string of the molecule is [N-]=[N+]=Nc1ccc(N2CCN(C(=O)Cn3cccn3)CC2)c(F)c1. The molecule has 124 valence electrons. The van der Waals surface area contributed by atoms with Crippen LogP contribution in [0.2, 0.25) is 0 Å². The van der Waals surface area contributed by atoms with Gasteiger partial charge in [0.25, 0.3) is 0 Å². The molecule has 1 aromatic heterocycles.